The van der Waals surface area contributed by atoms with Crippen LogP contribution in [0.15, 0.2) is 78.4 Å². The van der Waals surface area contributed by atoms with Gasteiger partial charge in [0.15, 0.2) is 17.2 Å². The van der Waals surface area contributed by atoms with Crippen LogP contribution in [-0.4, -0.2) is 25.7 Å². The van der Waals surface area contributed by atoms with Gasteiger partial charge >= 0.3 is 0 Å². The molecule has 2 aliphatic carbocycles. The second-order valence-electron chi connectivity index (χ2n) is 10.3. The van der Waals surface area contributed by atoms with Crippen LogP contribution in [0.25, 0.3) is 33.7 Å². The Morgan fingerprint density at radius 2 is 1.43 bits per heavy atom. The quantitative estimate of drug-likeness (QED) is 0.204. The number of ketones is 2. The van der Waals surface area contributed by atoms with Gasteiger partial charge in [-0.3, -0.25) is 14.2 Å². The third-order valence-corrected chi connectivity index (χ3v) is 8.08. The standard InChI is InChI=1S/C32H27N3O2/c1-34-27(20-10-4-2-5-11-20)19-28-32(34)33-29(35(28)23-14-6-3-7-15-23)18-26-30(36)24-16-21-12-8-9-13-22(21)17-25(24)31(26)37/h3,6-9,12-20H,2,4-5,10-11H2,1H3. The molecule has 182 valence electrons. The van der Waals surface area contributed by atoms with Crippen molar-refractivity contribution in [2.75, 3.05) is 0 Å². The molecule has 7 rings (SSSR count). The fraction of sp³-hybridized carbons (Fsp3) is 0.219. The van der Waals surface area contributed by atoms with E-state index in [1.54, 1.807) is 6.08 Å². The molecule has 37 heavy (non-hydrogen) atoms. The molecule has 1 saturated carbocycles. The Kier molecular flexibility index (Phi) is 5.00. The Balaban J connectivity index is 1.39. The van der Waals surface area contributed by atoms with E-state index in [1.165, 1.54) is 37.8 Å². The number of Topliss-reactive ketones (excluding diaryl/α,β-unsaturated/α-hetero) is 2. The number of aryl methyl sites for hydroxylation is 1. The van der Waals surface area contributed by atoms with Gasteiger partial charge in [0.05, 0.1) is 11.1 Å². The molecule has 3 aromatic carbocycles. The van der Waals surface area contributed by atoms with Crippen molar-refractivity contribution in [3.05, 3.63) is 101 Å². The fourth-order valence-electron chi connectivity index (χ4n) is 6.18. The Hall–Kier alpha value is -4.25. The lowest BCUT2D eigenvalue weighted by atomic mass is 9.87. The number of fused-ring (bicyclic) bond motifs is 3. The number of allylic oxidation sites excluding steroid dienone is 1. The van der Waals surface area contributed by atoms with Crippen LogP contribution >= 0.6 is 0 Å². The number of benzene rings is 3. The summed E-state index contributed by atoms with van der Waals surface area (Å²) in [6.45, 7) is 0. The third kappa shape index (κ3) is 3.41. The number of rotatable bonds is 3. The lowest BCUT2D eigenvalue weighted by molar-refractivity contribution is 0.0990. The number of carbonyl (C=O) groups excluding carboxylic acids is 2. The third-order valence-electron chi connectivity index (χ3n) is 8.08. The molecule has 0 saturated heterocycles. The van der Waals surface area contributed by atoms with E-state index in [0.717, 1.165) is 27.6 Å². The summed E-state index contributed by atoms with van der Waals surface area (Å²) >= 11 is 0. The highest BCUT2D eigenvalue weighted by Gasteiger charge is 2.34. The first kappa shape index (κ1) is 22.0. The number of aromatic nitrogens is 3. The van der Waals surface area contributed by atoms with Crippen LogP contribution in [0.4, 0.5) is 0 Å². The average molecular weight is 486 g/mol. The molecule has 0 aliphatic heterocycles. The molecule has 0 N–H and O–H groups in total. The summed E-state index contributed by atoms with van der Waals surface area (Å²) in [5.74, 6) is 0.664. The number of hydrogen-bond donors (Lipinski definition) is 0. The molecule has 2 heterocycles. The van der Waals surface area contributed by atoms with Crippen molar-refractivity contribution in [1.29, 1.82) is 0 Å². The molecule has 2 aromatic heterocycles. The van der Waals surface area contributed by atoms with Crippen molar-refractivity contribution in [3.63, 3.8) is 0 Å². The first-order valence-corrected chi connectivity index (χ1v) is 13.1. The lowest BCUT2D eigenvalue weighted by Gasteiger charge is -2.22. The predicted molar refractivity (Wildman–Crippen MR) is 146 cm³/mol. The monoisotopic (exact) mass is 485 g/mol. The number of imidazole rings is 1. The van der Waals surface area contributed by atoms with Crippen molar-refractivity contribution < 1.29 is 9.59 Å². The van der Waals surface area contributed by atoms with Crippen LogP contribution in [0.1, 0.15) is 70.3 Å². The van der Waals surface area contributed by atoms with Gasteiger partial charge in [0.25, 0.3) is 0 Å². The highest BCUT2D eigenvalue weighted by atomic mass is 16.2. The number of hydrogen-bond acceptors (Lipinski definition) is 3. The summed E-state index contributed by atoms with van der Waals surface area (Å²) in [5.41, 5.74) is 5.26. The van der Waals surface area contributed by atoms with Gasteiger partial charge in [0, 0.05) is 29.6 Å². The average Bonchev–Trinajstić information content (AvgIpc) is 3.53. The van der Waals surface area contributed by atoms with Gasteiger partial charge in [-0.25, -0.2) is 4.98 Å². The van der Waals surface area contributed by atoms with E-state index >= 15 is 0 Å². The SMILES string of the molecule is Cn1c(C2CCCCC2)cc2c1nc(C=C1C(=O)c3cc4ccccc4cc3C1=O)n2-c1ccccc1. The summed E-state index contributed by atoms with van der Waals surface area (Å²) in [6.07, 6.45) is 7.94. The summed E-state index contributed by atoms with van der Waals surface area (Å²) in [4.78, 5) is 31.9. The molecule has 5 nitrogen and oxygen atoms in total. The molecule has 0 bridgehead atoms. The van der Waals surface area contributed by atoms with Gasteiger partial charge in [-0.15, -0.1) is 0 Å². The summed E-state index contributed by atoms with van der Waals surface area (Å²) in [7, 11) is 2.08. The number of carbonyl (C=O) groups is 2. The molecule has 1 fully saturated rings. The van der Waals surface area contributed by atoms with Crippen molar-refractivity contribution in [2.45, 2.75) is 38.0 Å². The van der Waals surface area contributed by atoms with E-state index in [0.29, 0.717) is 22.9 Å². The number of para-hydroxylation sites is 1. The van der Waals surface area contributed by atoms with Gasteiger partial charge in [-0.05, 0) is 65.9 Å². The molecule has 0 unspecified atom stereocenters. The first-order chi connectivity index (χ1) is 18.1. The van der Waals surface area contributed by atoms with Crippen molar-refractivity contribution in [2.24, 2.45) is 7.05 Å². The fourth-order valence-corrected chi connectivity index (χ4v) is 6.18. The van der Waals surface area contributed by atoms with E-state index in [-0.39, 0.29) is 17.1 Å². The van der Waals surface area contributed by atoms with Crippen LogP contribution in [-0.2, 0) is 7.05 Å². The summed E-state index contributed by atoms with van der Waals surface area (Å²) < 4.78 is 4.28. The minimum Gasteiger partial charge on any atom is -0.331 e. The minimum absolute atomic E-state index is 0.172. The normalized spacial score (nSPS) is 16.2. The van der Waals surface area contributed by atoms with Gasteiger partial charge < -0.3 is 4.57 Å². The topological polar surface area (TPSA) is 56.9 Å². The van der Waals surface area contributed by atoms with Gasteiger partial charge in [0.2, 0.25) is 0 Å². The molecule has 5 heteroatoms. The lowest BCUT2D eigenvalue weighted by Crippen LogP contribution is -2.09. The maximum atomic E-state index is 13.5. The largest absolute Gasteiger partial charge is 0.331 e. The maximum absolute atomic E-state index is 13.5. The zero-order chi connectivity index (χ0) is 25.1. The van der Waals surface area contributed by atoms with Gasteiger partial charge in [-0.1, -0.05) is 61.7 Å². The van der Waals surface area contributed by atoms with E-state index in [4.69, 9.17) is 4.98 Å². The van der Waals surface area contributed by atoms with Gasteiger partial charge in [0.1, 0.15) is 5.82 Å². The Morgan fingerprint density at radius 3 is 2.08 bits per heavy atom. The van der Waals surface area contributed by atoms with E-state index in [2.05, 4.69) is 22.2 Å². The highest BCUT2D eigenvalue weighted by Crippen LogP contribution is 2.37. The highest BCUT2D eigenvalue weighted by molar-refractivity contribution is 6.42. The minimum atomic E-state index is -0.236. The molecular weight excluding hydrogens is 458 g/mol. The second kappa shape index (κ2) is 8.41. The van der Waals surface area contributed by atoms with Crippen molar-refractivity contribution in [1.82, 2.24) is 14.1 Å². The van der Waals surface area contributed by atoms with Crippen LogP contribution in [0.2, 0.25) is 0 Å². The molecular formula is C32H27N3O2. The molecule has 5 aromatic rings. The molecule has 0 atom stereocenters. The predicted octanol–water partition coefficient (Wildman–Crippen LogP) is 7.03. The molecule has 0 amide bonds. The zero-order valence-corrected chi connectivity index (χ0v) is 20.8. The zero-order valence-electron chi connectivity index (χ0n) is 20.8. The van der Waals surface area contributed by atoms with Crippen LogP contribution in [0.3, 0.4) is 0 Å². The van der Waals surface area contributed by atoms with E-state index in [9.17, 15) is 9.59 Å². The Labute approximate surface area is 215 Å². The van der Waals surface area contributed by atoms with Crippen molar-refractivity contribution in [3.8, 4) is 5.69 Å². The maximum Gasteiger partial charge on any atom is 0.197 e. The van der Waals surface area contributed by atoms with Crippen molar-refractivity contribution >= 4 is 39.6 Å². The van der Waals surface area contributed by atoms with Crippen LogP contribution < -0.4 is 0 Å². The second-order valence-corrected chi connectivity index (χ2v) is 10.3. The summed E-state index contributed by atoms with van der Waals surface area (Å²) in [5, 5.41) is 1.91. The summed E-state index contributed by atoms with van der Waals surface area (Å²) in [6, 6.07) is 23.8. The van der Waals surface area contributed by atoms with E-state index < -0.39 is 0 Å². The number of nitrogens with zero attached hydrogens (tertiary/aromatic N) is 3. The van der Waals surface area contributed by atoms with E-state index in [1.807, 2.05) is 66.7 Å². The molecule has 0 radical (unpaired) electrons. The molecule has 2 aliphatic rings. The van der Waals surface area contributed by atoms with Gasteiger partial charge in [-0.2, -0.15) is 0 Å². The smallest absolute Gasteiger partial charge is 0.197 e. The Bertz CT molecular complexity index is 1690. The molecule has 0 spiro atoms. The van der Waals surface area contributed by atoms with Crippen LogP contribution in [0.5, 0.6) is 0 Å². The van der Waals surface area contributed by atoms with Crippen LogP contribution in [0, 0.1) is 0 Å². The Morgan fingerprint density at radius 1 is 0.811 bits per heavy atom. The first-order valence-electron chi connectivity index (χ1n) is 13.1.